The summed E-state index contributed by atoms with van der Waals surface area (Å²) >= 11 is 0.642. The van der Waals surface area contributed by atoms with Crippen LogP contribution in [0.25, 0.3) is 11.0 Å². The Kier molecular flexibility index (Phi) is 8.02. The van der Waals surface area contributed by atoms with Gasteiger partial charge < -0.3 is 24.8 Å². The van der Waals surface area contributed by atoms with Gasteiger partial charge in [-0.05, 0) is 55.7 Å². The summed E-state index contributed by atoms with van der Waals surface area (Å²) in [5.41, 5.74) is 2.77. The van der Waals surface area contributed by atoms with E-state index >= 15 is 0 Å². The van der Waals surface area contributed by atoms with Crippen LogP contribution < -0.4 is 0 Å². The number of fused-ring (bicyclic) bond motifs is 3. The molecule has 0 aromatic carbocycles. The minimum absolute atomic E-state index is 0.101. The van der Waals surface area contributed by atoms with E-state index in [1.54, 1.807) is 6.20 Å². The van der Waals surface area contributed by atoms with Crippen LogP contribution in [0.3, 0.4) is 0 Å². The lowest BCUT2D eigenvalue weighted by atomic mass is 9.85. The first-order valence-corrected chi connectivity index (χ1v) is 12.7. The van der Waals surface area contributed by atoms with Gasteiger partial charge in [0.2, 0.25) is 5.91 Å². The zero-order chi connectivity index (χ0) is 26.7. The number of aliphatic hydroxyl groups is 1. The number of alkyl halides is 3. The van der Waals surface area contributed by atoms with Gasteiger partial charge in [0, 0.05) is 41.3 Å². The summed E-state index contributed by atoms with van der Waals surface area (Å²) in [5.74, 6) is 0.400. The molecule has 1 amide bonds. The highest BCUT2D eigenvalue weighted by atomic mass is 32.1. The maximum atomic E-state index is 13.1. The predicted octanol–water partition coefficient (Wildman–Crippen LogP) is 4.61. The summed E-state index contributed by atoms with van der Waals surface area (Å²) < 4.78 is 41.0. The van der Waals surface area contributed by atoms with Crippen molar-refractivity contribution < 1.29 is 38.1 Å². The Hall–Kier alpha value is -3.19. The van der Waals surface area contributed by atoms with E-state index in [2.05, 4.69) is 9.97 Å². The second-order valence-electron chi connectivity index (χ2n) is 9.24. The summed E-state index contributed by atoms with van der Waals surface area (Å²) in [5, 5.41) is 23.8. The molecule has 3 aromatic heterocycles. The Morgan fingerprint density at radius 2 is 1.84 bits per heavy atom. The molecule has 4 heterocycles. The molecule has 37 heavy (non-hydrogen) atoms. The number of nitrogens with zero attached hydrogens (tertiary/aromatic N) is 4. The summed E-state index contributed by atoms with van der Waals surface area (Å²) in [6.07, 6.45) is 0.802. The number of hydrogen-bond acceptors (Lipinski definition) is 6. The maximum absolute atomic E-state index is 13.1. The standard InChI is InChI=1S/C23H25F3N4O2S.CH2O3/c24-23(25,26)22-28-11-16(33-22)12-30-19-13-29(20(32)10-14-3-5-15(31)6-4-14)9-7-17(19)18-2-1-8-27-21(18)30;2-1(3)4/h1-2,8,11,14-15,31H,3-7,9-10,12-13H2;(H2,2,3,4). The average Bonchev–Trinajstić information content (AvgIpc) is 3.44. The molecule has 0 unspecified atom stereocenters. The van der Waals surface area contributed by atoms with E-state index in [9.17, 15) is 23.1 Å². The molecule has 0 spiro atoms. The van der Waals surface area contributed by atoms with E-state index in [-0.39, 0.29) is 18.6 Å². The normalized spacial score (nSPS) is 19.7. The fourth-order valence-electron chi connectivity index (χ4n) is 5.04. The van der Waals surface area contributed by atoms with E-state index in [4.69, 9.17) is 15.0 Å². The summed E-state index contributed by atoms with van der Waals surface area (Å²) in [4.78, 5) is 32.0. The highest BCUT2D eigenvalue weighted by Crippen LogP contribution is 2.35. The third-order valence-electron chi connectivity index (χ3n) is 6.76. The van der Waals surface area contributed by atoms with Crippen LogP contribution >= 0.6 is 11.3 Å². The average molecular weight is 541 g/mol. The third-order valence-corrected chi connectivity index (χ3v) is 7.78. The maximum Gasteiger partial charge on any atom is 0.503 e. The number of carboxylic acid groups (broad SMARTS) is 2. The van der Waals surface area contributed by atoms with Crippen molar-refractivity contribution in [1.29, 1.82) is 0 Å². The Morgan fingerprint density at radius 3 is 2.49 bits per heavy atom. The van der Waals surface area contributed by atoms with Crippen LogP contribution in [0.5, 0.6) is 0 Å². The van der Waals surface area contributed by atoms with Gasteiger partial charge in [0.1, 0.15) is 5.65 Å². The van der Waals surface area contributed by atoms with Gasteiger partial charge in [-0.25, -0.2) is 14.8 Å². The molecule has 0 bridgehead atoms. The Labute approximate surface area is 214 Å². The van der Waals surface area contributed by atoms with Crippen LogP contribution in [0.2, 0.25) is 0 Å². The van der Waals surface area contributed by atoms with Gasteiger partial charge >= 0.3 is 12.3 Å². The topological polar surface area (TPSA) is 129 Å². The van der Waals surface area contributed by atoms with Gasteiger partial charge in [-0.15, -0.1) is 11.3 Å². The molecule has 1 saturated carbocycles. The number of hydrogen-bond donors (Lipinski definition) is 3. The number of rotatable bonds is 4. The number of aliphatic hydroxyl groups excluding tert-OH is 1. The molecule has 2 aliphatic rings. The zero-order valence-corrected chi connectivity index (χ0v) is 20.6. The number of carbonyl (C=O) groups is 2. The molecule has 3 aromatic rings. The van der Waals surface area contributed by atoms with Crippen LogP contribution in [0.15, 0.2) is 24.5 Å². The number of amides is 1. The van der Waals surface area contributed by atoms with Gasteiger partial charge in [0.15, 0.2) is 5.01 Å². The number of thiazole rings is 1. The van der Waals surface area contributed by atoms with Crippen molar-refractivity contribution in [2.24, 2.45) is 5.92 Å². The Morgan fingerprint density at radius 1 is 1.14 bits per heavy atom. The number of aromatic nitrogens is 3. The van der Waals surface area contributed by atoms with Gasteiger partial charge in [-0.2, -0.15) is 13.2 Å². The second kappa shape index (κ2) is 11.1. The molecule has 5 rings (SSSR count). The van der Waals surface area contributed by atoms with Crippen molar-refractivity contribution in [3.05, 3.63) is 45.7 Å². The molecule has 200 valence electrons. The fraction of sp³-hybridized carbons (Fsp3) is 0.500. The highest BCUT2D eigenvalue weighted by Gasteiger charge is 2.35. The smallest absolute Gasteiger partial charge is 0.450 e. The van der Waals surface area contributed by atoms with E-state index < -0.39 is 17.3 Å². The van der Waals surface area contributed by atoms with Gasteiger partial charge in [0.05, 0.1) is 19.2 Å². The van der Waals surface area contributed by atoms with E-state index in [0.29, 0.717) is 48.1 Å². The lowest BCUT2D eigenvalue weighted by Gasteiger charge is -2.31. The van der Waals surface area contributed by atoms with Crippen molar-refractivity contribution in [2.75, 3.05) is 6.54 Å². The Bertz CT molecular complexity index is 1260. The van der Waals surface area contributed by atoms with Gasteiger partial charge in [-0.3, -0.25) is 4.79 Å². The minimum Gasteiger partial charge on any atom is -0.450 e. The van der Waals surface area contributed by atoms with Gasteiger partial charge in [0.25, 0.3) is 0 Å². The molecule has 3 N–H and O–H groups in total. The number of carbonyl (C=O) groups excluding carboxylic acids is 1. The molecule has 1 aliphatic heterocycles. The lowest BCUT2D eigenvalue weighted by Crippen LogP contribution is -2.38. The molecule has 0 radical (unpaired) electrons. The first-order chi connectivity index (χ1) is 17.5. The van der Waals surface area contributed by atoms with Crippen molar-refractivity contribution >= 4 is 34.4 Å². The summed E-state index contributed by atoms with van der Waals surface area (Å²) in [6, 6.07) is 3.84. The van der Waals surface area contributed by atoms with Gasteiger partial charge in [-0.1, -0.05) is 0 Å². The van der Waals surface area contributed by atoms with E-state index in [0.717, 1.165) is 48.0 Å². The van der Waals surface area contributed by atoms with E-state index in [1.807, 2.05) is 21.6 Å². The SMILES string of the molecule is O=C(CC1CCC(O)CC1)N1CCc2c(n(Cc3cnc(C(F)(F)F)s3)c3ncccc23)C1.O=C(O)O. The molecule has 0 atom stereocenters. The second-order valence-corrected chi connectivity index (χ2v) is 10.4. The van der Waals surface area contributed by atoms with Crippen LogP contribution in [0.4, 0.5) is 18.0 Å². The van der Waals surface area contributed by atoms with Crippen molar-refractivity contribution in [1.82, 2.24) is 19.4 Å². The molecule has 9 nitrogen and oxygen atoms in total. The van der Waals surface area contributed by atoms with Crippen molar-refractivity contribution in [3.8, 4) is 0 Å². The molecule has 13 heteroatoms. The van der Waals surface area contributed by atoms with Crippen LogP contribution in [0.1, 0.15) is 53.2 Å². The third kappa shape index (κ3) is 6.39. The molecular weight excluding hydrogens is 513 g/mol. The van der Waals surface area contributed by atoms with Crippen molar-refractivity contribution in [2.45, 2.75) is 63.9 Å². The monoisotopic (exact) mass is 540 g/mol. The highest BCUT2D eigenvalue weighted by molar-refractivity contribution is 7.11. The van der Waals surface area contributed by atoms with Crippen molar-refractivity contribution in [3.63, 3.8) is 0 Å². The quantitative estimate of drug-likeness (QED) is 0.441. The molecule has 1 fully saturated rings. The first-order valence-electron chi connectivity index (χ1n) is 11.9. The van der Waals surface area contributed by atoms with Crippen LogP contribution in [-0.4, -0.2) is 59.5 Å². The largest absolute Gasteiger partial charge is 0.503 e. The first kappa shape index (κ1) is 26.9. The zero-order valence-electron chi connectivity index (χ0n) is 19.8. The predicted molar refractivity (Wildman–Crippen MR) is 128 cm³/mol. The minimum atomic E-state index is -4.46. The van der Waals surface area contributed by atoms with Crippen LogP contribution in [0, 0.1) is 5.92 Å². The number of halogens is 3. The molecular formula is C24H27F3N4O5S. The van der Waals surface area contributed by atoms with E-state index in [1.165, 1.54) is 6.20 Å². The molecule has 0 saturated heterocycles. The summed E-state index contributed by atoms with van der Waals surface area (Å²) in [6.45, 7) is 1.28. The fourth-order valence-corrected chi connectivity index (χ4v) is 5.80. The lowest BCUT2D eigenvalue weighted by molar-refractivity contribution is -0.137. The Balaban J connectivity index is 0.000000747. The number of pyridine rings is 1. The van der Waals surface area contributed by atoms with Crippen LogP contribution in [-0.2, 0) is 30.5 Å². The molecule has 1 aliphatic carbocycles. The summed E-state index contributed by atoms with van der Waals surface area (Å²) in [7, 11) is 0.